The minimum atomic E-state index is -0.544. The molecule has 1 aliphatic rings. The van der Waals surface area contributed by atoms with Gasteiger partial charge in [0.15, 0.2) is 6.04 Å². The molecule has 2 N–H and O–H groups in total. The minimum absolute atomic E-state index is 0.0264. The lowest BCUT2D eigenvalue weighted by Crippen LogP contribution is -2.54. The number of benzene rings is 3. The third-order valence-corrected chi connectivity index (χ3v) is 7.35. The highest BCUT2D eigenvalue weighted by Crippen LogP contribution is 2.31. The smallest absolute Gasteiger partial charge is 0.369 e. The second-order valence-electron chi connectivity index (χ2n) is 9.98. The van der Waals surface area contributed by atoms with Gasteiger partial charge < -0.3 is 14.2 Å². The molecule has 0 saturated carbocycles. The van der Waals surface area contributed by atoms with Gasteiger partial charge in [0.2, 0.25) is 12.3 Å². The van der Waals surface area contributed by atoms with E-state index < -0.39 is 5.97 Å². The van der Waals surface area contributed by atoms with E-state index in [1.807, 2.05) is 79.3 Å². The molecule has 0 radical (unpaired) electrons. The standard InChI is InChI=1S/C30H36N4O3/c1-32(21-28(35)37-31)29(24-15-8-5-9-16-24)25-17-10-11-18-26(25)33(2)30(36)27-19-12-20-34(27,3)22-23-13-6-4-7-14-23/h4-11,13-18,27H,12,19-22,31H2,1-3H3/q+2/t27-,34?/m0/s1. The van der Waals surface area contributed by atoms with E-state index in [2.05, 4.69) is 36.2 Å². The Morgan fingerprint density at radius 1 is 1.00 bits per heavy atom. The predicted molar refractivity (Wildman–Crippen MR) is 145 cm³/mol. The van der Waals surface area contributed by atoms with Gasteiger partial charge >= 0.3 is 5.97 Å². The number of likely N-dealkylation sites (N-methyl/N-ethyl adjacent to an activating group) is 3. The van der Waals surface area contributed by atoms with E-state index in [1.165, 1.54) is 5.56 Å². The predicted octanol–water partition coefficient (Wildman–Crippen LogP) is 3.36. The molecule has 1 saturated heterocycles. The number of nitrogens with zero attached hydrogens (tertiary/aromatic N) is 3. The van der Waals surface area contributed by atoms with Crippen molar-refractivity contribution < 1.29 is 23.5 Å². The first kappa shape index (κ1) is 26.3. The largest absolute Gasteiger partial charge is 0.390 e. The first-order valence-corrected chi connectivity index (χ1v) is 12.6. The fraction of sp³-hybridized carbons (Fsp3) is 0.300. The maximum atomic E-state index is 14.1. The zero-order chi connectivity index (χ0) is 26.4. The summed E-state index contributed by atoms with van der Waals surface area (Å²) in [6, 6.07) is 27.9. The first-order chi connectivity index (χ1) is 17.8. The van der Waals surface area contributed by atoms with Crippen molar-refractivity contribution in [3.63, 3.8) is 0 Å². The highest BCUT2D eigenvalue weighted by molar-refractivity contribution is 6.15. The summed E-state index contributed by atoms with van der Waals surface area (Å²) in [6.07, 6.45) is 1.87. The van der Waals surface area contributed by atoms with E-state index in [0.717, 1.165) is 48.5 Å². The number of hydrogen-bond acceptors (Lipinski definition) is 4. The van der Waals surface area contributed by atoms with E-state index >= 15 is 0 Å². The monoisotopic (exact) mass is 500 g/mol. The molecule has 3 aromatic carbocycles. The van der Waals surface area contributed by atoms with Gasteiger partial charge in [-0.3, -0.25) is 4.79 Å². The molecular weight excluding hydrogens is 464 g/mol. The summed E-state index contributed by atoms with van der Waals surface area (Å²) < 4.78 is 2.50. The van der Waals surface area contributed by atoms with Crippen LogP contribution in [-0.4, -0.2) is 66.9 Å². The van der Waals surface area contributed by atoms with Crippen LogP contribution in [0.5, 0.6) is 0 Å². The highest BCUT2D eigenvalue weighted by Gasteiger charge is 2.44. The van der Waals surface area contributed by atoms with Crippen molar-refractivity contribution in [1.82, 2.24) is 0 Å². The fourth-order valence-corrected chi connectivity index (χ4v) is 5.49. The Labute approximate surface area is 218 Å². The molecule has 0 bridgehead atoms. The van der Waals surface area contributed by atoms with Gasteiger partial charge in [-0.25, -0.2) is 9.37 Å². The summed E-state index contributed by atoms with van der Waals surface area (Å²) in [5.41, 5.74) is 4.62. The molecule has 0 aliphatic carbocycles. The molecule has 1 aliphatic heterocycles. The van der Waals surface area contributed by atoms with Gasteiger partial charge in [0.05, 0.1) is 24.8 Å². The molecule has 2 atom stereocenters. The van der Waals surface area contributed by atoms with Gasteiger partial charge in [-0.1, -0.05) is 60.7 Å². The number of anilines is 1. The molecule has 7 heteroatoms. The number of carbonyl (C=O) groups is 2. The van der Waals surface area contributed by atoms with Crippen LogP contribution in [0.25, 0.3) is 0 Å². The van der Waals surface area contributed by atoms with Crippen molar-refractivity contribution in [1.29, 1.82) is 0 Å². The van der Waals surface area contributed by atoms with Crippen molar-refractivity contribution >= 4 is 23.3 Å². The fourth-order valence-electron chi connectivity index (χ4n) is 5.49. The van der Waals surface area contributed by atoms with Crippen molar-refractivity contribution in [2.45, 2.75) is 25.4 Å². The van der Waals surface area contributed by atoms with Gasteiger partial charge in [-0.2, -0.15) is 5.90 Å². The van der Waals surface area contributed by atoms with E-state index in [1.54, 1.807) is 4.90 Å². The molecule has 4 rings (SSSR count). The molecule has 3 aromatic rings. The lowest BCUT2D eigenvalue weighted by Gasteiger charge is -2.37. The normalized spacial score (nSPS) is 19.7. The summed E-state index contributed by atoms with van der Waals surface area (Å²) in [5.74, 6) is 4.68. The molecule has 1 amide bonds. The lowest BCUT2D eigenvalue weighted by molar-refractivity contribution is -0.925. The van der Waals surface area contributed by atoms with E-state index in [0.29, 0.717) is 4.48 Å². The number of hydrogen-bond donors (Lipinski definition) is 1. The quantitative estimate of drug-likeness (QED) is 0.223. The third kappa shape index (κ3) is 5.79. The topological polar surface area (TPSA) is 75.6 Å². The Bertz CT molecular complexity index is 1280. The second-order valence-corrected chi connectivity index (χ2v) is 9.98. The van der Waals surface area contributed by atoms with Crippen molar-refractivity contribution in [3.8, 4) is 0 Å². The van der Waals surface area contributed by atoms with Crippen LogP contribution in [0.4, 0.5) is 5.69 Å². The number of quaternary nitrogens is 1. The number of para-hydroxylation sites is 1. The maximum absolute atomic E-state index is 14.1. The van der Waals surface area contributed by atoms with Crippen molar-refractivity contribution in [2.24, 2.45) is 5.90 Å². The Morgan fingerprint density at radius 3 is 2.30 bits per heavy atom. The number of amides is 1. The Hall–Kier alpha value is -3.81. The second kappa shape index (κ2) is 11.5. The summed E-state index contributed by atoms with van der Waals surface area (Å²) >= 11 is 0. The lowest BCUT2D eigenvalue weighted by atomic mass is 9.99. The van der Waals surface area contributed by atoms with Crippen molar-refractivity contribution in [2.75, 3.05) is 39.1 Å². The Kier molecular flexibility index (Phi) is 8.16. The number of carbonyl (C=O) groups excluding carboxylic acids is 2. The van der Waals surface area contributed by atoms with E-state index in [-0.39, 0.29) is 18.5 Å². The highest BCUT2D eigenvalue weighted by atomic mass is 16.7. The van der Waals surface area contributed by atoms with Crippen LogP contribution in [0, 0.1) is 0 Å². The Morgan fingerprint density at radius 2 is 1.62 bits per heavy atom. The van der Waals surface area contributed by atoms with Gasteiger partial charge in [-0.15, -0.1) is 0 Å². The van der Waals surface area contributed by atoms with Gasteiger partial charge in [0.1, 0.15) is 13.6 Å². The van der Waals surface area contributed by atoms with Gasteiger partial charge in [0, 0.05) is 31.0 Å². The molecule has 0 spiro atoms. The van der Waals surface area contributed by atoms with Crippen LogP contribution in [0.1, 0.15) is 29.5 Å². The summed E-state index contributed by atoms with van der Waals surface area (Å²) in [5, 5.41) is 0. The molecule has 1 heterocycles. The molecule has 192 valence electrons. The molecule has 7 nitrogen and oxygen atoms in total. The summed E-state index contributed by atoms with van der Waals surface area (Å²) in [4.78, 5) is 32.3. The zero-order valence-electron chi connectivity index (χ0n) is 21.8. The van der Waals surface area contributed by atoms with Crippen molar-refractivity contribution in [3.05, 3.63) is 102 Å². The third-order valence-electron chi connectivity index (χ3n) is 7.35. The number of rotatable bonds is 8. The average molecular weight is 501 g/mol. The summed E-state index contributed by atoms with van der Waals surface area (Å²) in [7, 11) is 5.86. The maximum Gasteiger partial charge on any atom is 0.390 e. The zero-order valence-corrected chi connectivity index (χ0v) is 21.8. The van der Waals surface area contributed by atoms with Crippen LogP contribution < -0.4 is 10.8 Å². The molecule has 1 fully saturated rings. The summed E-state index contributed by atoms with van der Waals surface area (Å²) in [6.45, 7) is 1.76. The molecular formula is C30H36N4O3+2. The molecule has 0 aromatic heterocycles. The molecule has 37 heavy (non-hydrogen) atoms. The number of nitrogens with two attached hydrogens (primary N) is 1. The SMILES string of the molecule is CN(C(=O)[C@@H]1CCC[N+]1(C)Cc1ccccc1)c1ccccc1C(c1ccccc1)=[N+](C)CC(=O)ON. The van der Waals surface area contributed by atoms with Gasteiger partial charge in [-0.05, 0) is 24.3 Å². The van der Waals surface area contributed by atoms with Crippen LogP contribution in [0.15, 0.2) is 84.9 Å². The van der Waals surface area contributed by atoms with Crippen LogP contribution >= 0.6 is 0 Å². The minimum Gasteiger partial charge on any atom is -0.369 e. The van der Waals surface area contributed by atoms with E-state index in [9.17, 15) is 9.59 Å². The van der Waals surface area contributed by atoms with Crippen LogP contribution in [-0.2, 0) is 21.0 Å². The Balaban J connectivity index is 1.71. The molecule has 1 unspecified atom stereocenters. The number of likely N-dealkylation sites (tertiary alicyclic amines) is 1. The van der Waals surface area contributed by atoms with E-state index in [4.69, 9.17) is 5.90 Å². The first-order valence-electron chi connectivity index (χ1n) is 12.6. The average Bonchev–Trinajstić information content (AvgIpc) is 3.30. The van der Waals surface area contributed by atoms with Crippen LogP contribution in [0.2, 0.25) is 0 Å². The van der Waals surface area contributed by atoms with Gasteiger partial charge in [0.25, 0.3) is 5.91 Å². The van der Waals surface area contributed by atoms with Crippen LogP contribution in [0.3, 0.4) is 0 Å².